The zero-order valence-corrected chi connectivity index (χ0v) is 17.4. The Morgan fingerprint density at radius 2 is 1.18 bits per heavy atom. The molecule has 0 atom stereocenters. The molecule has 0 saturated heterocycles. The molecular weight excluding hydrogens is 421 g/mol. The average molecular weight is 443 g/mol. The van der Waals surface area contributed by atoms with Crippen LogP contribution in [0.1, 0.15) is 27.2 Å². The van der Waals surface area contributed by atoms with E-state index in [2.05, 4.69) is 13.3 Å². The van der Waals surface area contributed by atoms with Gasteiger partial charge in [0.15, 0.2) is 0 Å². The first-order valence-corrected chi connectivity index (χ1v) is 16.2. The predicted octanol–water partition coefficient (Wildman–Crippen LogP) is 6.14. The van der Waals surface area contributed by atoms with Crippen molar-refractivity contribution in [3.8, 4) is 0 Å². The molecule has 22 heavy (non-hydrogen) atoms. The normalized spacial score (nSPS) is 10.5. The quantitative estimate of drug-likeness (QED) is 0.524. The Labute approximate surface area is 147 Å². The molecule has 2 aromatic rings. The van der Waals surface area contributed by atoms with Crippen molar-refractivity contribution in [3.63, 3.8) is 0 Å². The van der Waals surface area contributed by atoms with Crippen LogP contribution >= 0.6 is 27.6 Å². The molecule has 0 aliphatic heterocycles. The van der Waals surface area contributed by atoms with Gasteiger partial charge in [-0.15, -0.1) is 0 Å². The Hall–Kier alpha value is -0.290. The molecule has 0 bridgehead atoms. The first-order chi connectivity index (χ1) is 10.3. The summed E-state index contributed by atoms with van der Waals surface area (Å²) < 4.78 is 4.16. The van der Waals surface area contributed by atoms with E-state index in [9.17, 15) is 0 Å². The van der Waals surface area contributed by atoms with Crippen molar-refractivity contribution in [2.75, 3.05) is 0 Å². The first-order valence-electron chi connectivity index (χ1n) is 6.69. The molecule has 0 radical (unpaired) electrons. The van der Waals surface area contributed by atoms with Crippen LogP contribution in [0, 0.1) is 0 Å². The number of nitrogens with zero attached hydrogens (tertiary/aromatic N) is 3. The van der Waals surface area contributed by atoms with Gasteiger partial charge < -0.3 is 0 Å². The summed E-state index contributed by atoms with van der Waals surface area (Å²) in [4.78, 5) is 7.57. The van der Waals surface area contributed by atoms with Gasteiger partial charge in [0, 0.05) is 24.8 Å². The van der Waals surface area contributed by atoms with Gasteiger partial charge in [0.2, 0.25) is 0 Å². The SMILES string of the molecule is CCC(C)(C)[N]=[Nb]([Cl])([Cl])[Cl].c1ccncc1.c1ccncc1. The predicted molar refractivity (Wildman–Crippen MR) is 92.8 cm³/mol. The molecule has 0 amide bonds. The summed E-state index contributed by atoms with van der Waals surface area (Å²) in [5.41, 5.74) is -0.156. The molecule has 0 aliphatic carbocycles. The summed E-state index contributed by atoms with van der Waals surface area (Å²) in [7, 11) is 17.0. The van der Waals surface area contributed by atoms with Crippen LogP contribution in [0.2, 0.25) is 0 Å². The van der Waals surface area contributed by atoms with Crippen LogP contribution in [-0.4, -0.2) is 15.5 Å². The van der Waals surface area contributed by atoms with E-state index in [0.29, 0.717) is 0 Å². The minimum absolute atomic E-state index is 0.156. The number of hydrogen-bond acceptors (Lipinski definition) is 3. The summed E-state index contributed by atoms with van der Waals surface area (Å²) in [6.45, 7) is 5.98. The van der Waals surface area contributed by atoms with Crippen LogP contribution < -0.4 is 0 Å². The molecule has 7 heteroatoms. The van der Waals surface area contributed by atoms with E-state index in [1.54, 1.807) is 24.8 Å². The van der Waals surface area contributed by atoms with Crippen molar-refractivity contribution < 1.29 is 13.7 Å². The fourth-order valence-corrected chi connectivity index (χ4v) is 6.49. The molecule has 0 unspecified atom stereocenters. The molecule has 0 aromatic carbocycles. The van der Waals surface area contributed by atoms with E-state index >= 15 is 0 Å². The Balaban J connectivity index is 0.000000315. The monoisotopic (exact) mass is 441 g/mol. The maximum absolute atomic E-state index is 5.66. The van der Waals surface area contributed by atoms with Crippen LogP contribution in [0.25, 0.3) is 0 Å². The van der Waals surface area contributed by atoms with Gasteiger partial charge >= 0.3 is 77.3 Å². The Bertz CT molecular complexity index is 437. The van der Waals surface area contributed by atoms with E-state index in [-0.39, 0.29) is 5.54 Å². The third-order valence-electron chi connectivity index (χ3n) is 2.38. The van der Waals surface area contributed by atoms with Gasteiger partial charge in [-0.25, -0.2) is 0 Å². The molecule has 0 saturated carbocycles. The molecule has 3 nitrogen and oxygen atoms in total. The molecule has 0 spiro atoms. The second-order valence-electron chi connectivity index (χ2n) is 4.73. The third-order valence-corrected chi connectivity index (χ3v) is 5.61. The maximum Gasteiger partial charge on any atom is 0.0267 e. The molecular formula is C15H21Cl3N3Nb. The van der Waals surface area contributed by atoms with Gasteiger partial charge in [-0.05, 0) is 24.3 Å². The summed E-state index contributed by atoms with van der Waals surface area (Å²) >= 11 is -3.34. The van der Waals surface area contributed by atoms with E-state index in [1.165, 1.54) is 0 Å². The Kier molecular flexibility index (Phi) is 12.0. The van der Waals surface area contributed by atoms with E-state index in [1.807, 2.05) is 57.2 Å². The van der Waals surface area contributed by atoms with Crippen molar-refractivity contribution in [2.24, 2.45) is 3.34 Å². The van der Waals surface area contributed by atoms with Gasteiger partial charge in [0.25, 0.3) is 0 Å². The molecule has 122 valence electrons. The second-order valence-corrected chi connectivity index (χ2v) is 19.0. The smallest absolute Gasteiger partial charge is 0.0267 e. The summed E-state index contributed by atoms with van der Waals surface area (Å²) in [6.07, 6.45) is 7.91. The Morgan fingerprint density at radius 1 is 0.818 bits per heavy atom. The number of rotatable bonds is 2. The van der Waals surface area contributed by atoms with Crippen molar-refractivity contribution in [1.29, 1.82) is 0 Å². The maximum atomic E-state index is 5.66. The van der Waals surface area contributed by atoms with Crippen molar-refractivity contribution in [2.45, 2.75) is 32.7 Å². The number of halogens is 3. The minimum Gasteiger partial charge on any atom is -0.265 e. The molecule has 2 aromatic heterocycles. The summed E-state index contributed by atoms with van der Waals surface area (Å²) in [5, 5.41) is 0. The van der Waals surface area contributed by atoms with Gasteiger partial charge in [0.05, 0.1) is 0 Å². The fourth-order valence-electron chi connectivity index (χ4n) is 1.00. The van der Waals surface area contributed by atoms with Gasteiger partial charge in [-0.3, -0.25) is 9.97 Å². The largest absolute Gasteiger partial charge is 0.265 e. The summed E-state index contributed by atoms with van der Waals surface area (Å²) in [6, 6.07) is 11.4. The van der Waals surface area contributed by atoms with Gasteiger partial charge in [-0.2, -0.15) is 0 Å². The van der Waals surface area contributed by atoms with E-state index in [4.69, 9.17) is 27.6 Å². The average Bonchev–Trinajstić information content (AvgIpc) is 2.50. The zero-order valence-electron chi connectivity index (χ0n) is 12.9. The summed E-state index contributed by atoms with van der Waals surface area (Å²) in [5.74, 6) is 0. The van der Waals surface area contributed by atoms with Crippen LogP contribution in [-0.2, 0) is 13.7 Å². The standard InChI is InChI=1S/2C5H5N.C5H11N.3ClH.Nb/c2*1-2-4-6-5-3-1;1-4-5(2,3)6;;;;/h2*1-5H;4H2,1-3H3;3*1H;/q;;;;;;+3/p-3. The van der Waals surface area contributed by atoms with Crippen molar-refractivity contribution >= 4 is 27.6 Å². The van der Waals surface area contributed by atoms with Crippen molar-refractivity contribution in [3.05, 3.63) is 61.2 Å². The van der Waals surface area contributed by atoms with Gasteiger partial charge in [-0.1, -0.05) is 12.1 Å². The minimum atomic E-state index is -3.34. The Morgan fingerprint density at radius 3 is 1.27 bits per heavy atom. The molecule has 2 heterocycles. The molecule has 0 fully saturated rings. The number of hydrogen-bond donors (Lipinski definition) is 0. The van der Waals surface area contributed by atoms with Crippen molar-refractivity contribution in [1.82, 2.24) is 9.97 Å². The fraction of sp³-hybridized carbons (Fsp3) is 0.333. The number of pyridine rings is 2. The van der Waals surface area contributed by atoms with E-state index in [0.717, 1.165) is 6.42 Å². The third kappa shape index (κ3) is 16.1. The van der Waals surface area contributed by atoms with Crippen LogP contribution in [0.4, 0.5) is 0 Å². The topological polar surface area (TPSA) is 38.1 Å². The first kappa shape index (κ1) is 21.7. The number of aromatic nitrogens is 2. The van der Waals surface area contributed by atoms with Gasteiger partial charge in [0.1, 0.15) is 0 Å². The zero-order chi connectivity index (χ0) is 16.9. The second kappa shape index (κ2) is 12.2. The molecule has 2 rings (SSSR count). The van der Waals surface area contributed by atoms with Crippen LogP contribution in [0.5, 0.6) is 0 Å². The molecule has 0 aliphatic rings. The van der Waals surface area contributed by atoms with Crippen LogP contribution in [0.3, 0.4) is 0 Å². The van der Waals surface area contributed by atoms with Crippen LogP contribution in [0.15, 0.2) is 64.5 Å². The molecule has 0 N–H and O–H groups in total. The van der Waals surface area contributed by atoms with E-state index < -0.39 is 13.7 Å².